The Morgan fingerprint density at radius 1 is 1.47 bits per heavy atom. The molecule has 1 fully saturated rings. The Morgan fingerprint density at radius 3 is 2.89 bits per heavy atom. The minimum atomic E-state index is -0.350. The summed E-state index contributed by atoms with van der Waals surface area (Å²) in [4.78, 5) is 12.4. The Balaban J connectivity index is 1.71. The largest absolute Gasteiger partial charge is 0.491 e. The normalized spacial score (nSPS) is 32.1. The van der Waals surface area contributed by atoms with Gasteiger partial charge in [-0.15, -0.1) is 0 Å². The molecule has 2 aliphatic rings. The van der Waals surface area contributed by atoms with Crippen LogP contribution in [-0.4, -0.2) is 19.1 Å². The van der Waals surface area contributed by atoms with Crippen LogP contribution in [0.5, 0.6) is 5.75 Å². The van der Waals surface area contributed by atoms with Gasteiger partial charge in [-0.25, -0.2) is 0 Å². The number of fused-ring (bicyclic) bond motifs is 1. The molecule has 1 aromatic carbocycles. The number of amides is 1. The predicted molar refractivity (Wildman–Crippen MR) is 72.7 cm³/mol. The van der Waals surface area contributed by atoms with Gasteiger partial charge in [0.05, 0.1) is 11.5 Å². The Labute approximate surface area is 113 Å². The molecule has 102 valence electrons. The van der Waals surface area contributed by atoms with Crippen LogP contribution in [0.1, 0.15) is 31.4 Å². The van der Waals surface area contributed by atoms with Crippen LogP contribution in [-0.2, 0) is 4.79 Å². The van der Waals surface area contributed by atoms with E-state index in [2.05, 4.69) is 12.2 Å². The van der Waals surface area contributed by atoms with Crippen LogP contribution in [0.15, 0.2) is 24.3 Å². The van der Waals surface area contributed by atoms with Gasteiger partial charge in [-0.05, 0) is 24.8 Å². The van der Waals surface area contributed by atoms with Crippen LogP contribution in [0.2, 0.25) is 0 Å². The summed E-state index contributed by atoms with van der Waals surface area (Å²) < 4.78 is 5.59. The molecule has 3 rings (SSSR count). The van der Waals surface area contributed by atoms with Crippen molar-refractivity contribution in [2.45, 2.75) is 25.8 Å². The van der Waals surface area contributed by atoms with Gasteiger partial charge in [0.15, 0.2) is 0 Å². The molecule has 19 heavy (non-hydrogen) atoms. The molecule has 1 amide bonds. The third-order valence-electron chi connectivity index (χ3n) is 4.36. The molecule has 1 aliphatic heterocycles. The molecule has 4 heteroatoms. The maximum Gasteiger partial charge on any atom is 0.228 e. The van der Waals surface area contributed by atoms with Crippen LogP contribution < -0.4 is 15.8 Å². The number of hydrogen-bond acceptors (Lipinski definition) is 3. The average Bonchev–Trinajstić information content (AvgIpc) is 2.78. The Bertz CT molecular complexity index is 495. The first-order valence-corrected chi connectivity index (χ1v) is 6.87. The fourth-order valence-electron chi connectivity index (χ4n) is 3.31. The van der Waals surface area contributed by atoms with Crippen molar-refractivity contribution in [3.63, 3.8) is 0 Å². The van der Waals surface area contributed by atoms with E-state index in [0.717, 1.165) is 24.2 Å². The smallest absolute Gasteiger partial charge is 0.228 e. The summed E-state index contributed by atoms with van der Waals surface area (Å²) in [5, 5.41) is 3.11. The number of benzene rings is 1. The fraction of sp³-hybridized carbons (Fsp3) is 0.533. The summed E-state index contributed by atoms with van der Waals surface area (Å²) in [6.07, 6.45) is 1.79. The van der Waals surface area contributed by atoms with Crippen LogP contribution >= 0.6 is 0 Å². The summed E-state index contributed by atoms with van der Waals surface area (Å²) >= 11 is 0. The summed E-state index contributed by atoms with van der Waals surface area (Å²) in [5.41, 5.74) is 6.52. The van der Waals surface area contributed by atoms with E-state index in [-0.39, 0.29) is 17.4 Å². The molecule has 0 spiro atoms. The lowest BCUT2D eigenvalue weighted by Crippen LogP contribution is -2.54. The van der Waals surface area contributed by atoms with E-state index in [9.17, 15) is 4.79 Å². The first kappa shape index (κ1) is 12.5. The number of nitrogens with two attached hydrogens (primary N) is 1. The minimum absolute atomic E-state index is 0.0389. The molecule has 0 radical (unpaired) electrons. The van der Waals surface area contributed by atoms with Crippen molar-refractivity contribution >= 4 is 5.91 Å². The first-order valence-electron chi connectivity index (χ1n) is 6.87. The number of carbonyl (C=O) groups is 1. The summed E-state index contributed by atoms with van der Waals surface area (Å²) in [5.74, 6) is 1.55. The van der Waals surface area contributed by atoms with E-state index in [1.807, 2.05) is 24.3 Å². The molecule has 1 unspecified atom stereocenters. The molecule has 1 aliphatic carbocycles. The zero-order chi connectivity index (χ0) is 13.5. The van der Waals surface area contributed by atoms with Crippen molar-refractivity contribution in [1.29, 1.82) is 0 Å². The van der Waals surface area contributed by atoms with Crippen molar-refractivity contribution in [3.8, 4) is 5.75 Å². The second-order valence-corrected chi connectivity index (χ2v) is 5.87. The molecule has 1 atom stereocenters. The van der Waals surface area contributed by atoms with Crippen molar-refractivity contribution in [2.75, 3.05) is 13.2 Å². The topological polar surface area (TPSA) is 64.4 Å². The highest BCUT2D eigenvalue weighted by Gasteiger charge is 2.48. The number of ether oxygens (including phenoxy) is 1. The van der Waals surface area contributed by atoms with Crippen LogP contribution in [0.3, 0.4) is 0 Å². The highest BCUT2D eigenvalue weighted by atomic mass is 16.5. The lowest BCUT2D eigenvalue weighted by molar-refractivity contribution is -0.139. The van der Waals surface area contributed by atoms with Crippen molar-refractivity contribution < 1.29 is 9.53 Å². The maximum atomic E-state index is 12.4. The van der Waals surface area contributed by atoms with E-state index in [4.69, 9.17) is 10.5 Å². The SMILES string of the molecule is CC1CC(CN)(C(=O)NC2COc3ccccc32)C1. The third-order valence-corrected chi connectivity index (χ3v) is 4.36. The maximum absolute atomic E-state index is 12.4. The molecular weight excluding hydrogens is 240 g/mol. The monoisotopic (exact) mass is 260 g/mol. The molecule has 1 saturated carbocycles. The van der Waals surface area contributed by atoms with Gasteiger partial charge in [-0.2, -0.15) is 0 Å². The highest BCUT2D eigenvalue weighted by Crippen LogP contribution is 2.45. The zero-order valence-electron chi connectivity index (χ0n) is 11.2. The number of carbonyl (C=O) groups excluding carboxylic acids is 1. The average molecular weight is 260 g/mol. The molecule has 4 nitrogen and oxygen atoms in total. The summed E-state index contributed by atoms with van der Waals surface area (Å²) in [6, 6.07) is 7.81. The number of rotatable bonds is 3. The van der Waals surface area contributed by atoms with Crippen molar-refractivity contribution in [2.24, 2.45) is 17.1 Å². The predicted octanol–water partition coefficient (Wildman–Crippen LogP) is 1.61. The Kier molecular flexibility index (Phi) is 2.97. The quantitative estimate of drug-likeness (QED) is 0.868. The van der Waals surface area contributed by atoms with Gasteiger partial charge >= 0.3 is 0 Å². The Morgan fingerprint density at radius 2 is 2.21 bits per heavy atom. The summed E-state index contributed by atoms with van der Waals surface area (Å²) in [6.45, 7) is 3.11. The number of hydrogen-bond donors (Lipinski definition) is 2. The van der Waals surface area contributed by atoms with Gasteiger partial charge < -0.3 is 15.8 Å². The first-order chi connectivity index (χ1) is 9.14. The van der Waals surface area contributed by atoms with Crippen LogP contribution in [0.4, 0.5) is 0 Å². The molecule has 0 aromatic heterocycles. The van der Waals surface area contributed by atoms with Crippen LogP contribution in [0.25, 0.3) is 0 Å². The number of para-hydroxylation sites is 1. The molecular formula is C15H20N2O2. The lowest BCUT2D eigenvalue weighted by Gasteiger charge is -2.44. The molecule has 0 saturated heterocycles. The van der Waals surface area contributed by atoms with Crippen molar-refractivity contribution in [1.82, 2.24) is 5.32 Å². The fourth-order valence-corrected chi connectivity index (χ4v) is 3.31. The van der Waals surface area contributed by atoms with Crippen molar-refractivity contribution in [3.05, 3.63) is 29.8 Å². The molecule has 1 aromatic rings. The highest BCUT2D eigenvalue weighted by molar-refractivity contribution is 5.84. The second kappa shape index (κ2) is 4.53. The van der Waals surface area contributed by atoms with Gasteiger partial charge in [0.2, 0.25) is 5.91 Å². The van der Waals surface area contributed by atoms with Gasteiger partial charge in [-0.3, -0.25) is 4.79 Å². The number of nitrogens with one attached hydrogen (secondary N) is 1. The van der Waals surface area contributed by atoms with Gasteiger partial charge in [0, 0.05) is 12.1 Å². The summed E-state index contributed by atoms with van der Waals surface area (Å²) in [7, 11) is 0. The minimum Gasteiger partial charge on any atom is -0.491 e. The van der Waals surface area contributed by atoms with E-state index < -0.39 is 0 Å². The van der Waals surface area contributed by atoms with Gasteiger partial charge in [-0.1, -0.05) is 25.1 Å². The Hall–Kier alpha value is -1.55. The van der Waals surface area contributed by atoms with E-state index in [1.54, 1.807) is 0 Å². The zero-order valence-corrected chi connectivity index (χ0v) is 11.2. The van der Waals surface area contributed by atoms with Gasteiger partial charge in [0.25, 0.3) is 0 Å². The standard InChI is InChI=1S/C15H20N2O2/c1-10-6-15(7-10,9-16)14(18)17-12-8-19-13-5-3-2-4-11(12)13/h2-5,10,12H,6-9,16H2,1H3,(H,17,18). The second-order valence-electron chi connectivity index (χ2n) is 5.87. The van der Waals surface area contributed by atoms with Crippen LogP contribution in [0, 0.1) is 11.3 Å². The molecule has 1 heterocycles. The van der Waals surface area contributed by atoms with Gasteiger partial charge in [0.1, 0.15) is 12.4 Å². The van der Waals surface area contributed by atoms with E-state index in [1.165, 1.54) is 0 Å². The van der Waals surface area contributed by atoms with E-state index in [0.29, 0.717) is 19.1 Å². The lowest BCUT2D eigenvalue weighted by atomic mass is 9.62. The molecule has 0 bridgehead atoms. The van der Waals surface area contributed by atoms with E-state index >= 15 is 0 Å². The third kappa shape index (κ3) is 2.00. The molecule has 3 N–H and O–H groups in total.